The van der Waals surface area contributed by atoms with Gasteiger partial charge in [-0.15, -0.1) is 0 Å². The van der Waals surface area contributed by atoms with Crippen LogP contribution in [0.2, 0.25) is 0 Å². The van der Waals surface area contributed by atoms with Crippen LogP contribution < -0.4 is 4.74 Å². The number of carbonyl (C=O) groups excluding carboxylic acids is 1. The first-order valence-corrected chi connectivity index (χ1v) is 6.44. The minimum absolute atomic E-state index is 0.194. The van der Waals surface area contributed by atoms with Gasteiger partial charge in [0.2, 0.25) is 0 Å². The van der Waals surface area contributed by atoms with Crippen LogP contribution in [0.4, 0.5) is 0 Å². The van der Waals surface area contributed by atoms with Crippen molar-refractivity contribution in [2.45, 2.75) is 0 Å². The Kier molecular flexibility index (Phi) is 4.58. The second-order valence-electron chi connectivity index (χ2n) is 4.51. The highest BCUT2D eigenvalue weighted by molar-refractivity contribution is 6.08. The summed E-state index contributed by atoms with van der Waals surface area (Å²) in [6.07, 6.45) is 2.97. The zero-order valence-corrected chi connectivity index (χ0v) is 11.8. The number of benzene rings is 2. The zero-order chi connectivity index (χ0) is 16.1. The number of methoxy groups -OCH3 is 1. The molecule has 2 aromatic carbocycles. The molecule has 0 radical (unpaired) electrons. The van der Waals surface area contributed by atoms with E-state index in [0.717, 1.165) is 11.6 Å². The maximum Gasteiger partial charge on any atom is 0.339 e. The molecule has 0 saturated heterocycles. The number of ether oxygens (including phenoxy) is 1. The predicted molar refractivity (Wildman–Crippen MR) is 81.4 cm³/mol. The molecule has 2 N–H and O–H groups in total. The summed E-state index contributed by atoms with van der Waals surface area (Å²) in [5, 5.41) is 18.4. The quantitative estimate of drug-likeness (QED) is 0.655. The number of hydrogen-bond acceptors (Lipinski definition) is 4. The number of aromatic hydroxyl groups is 1. The highest BCUT2D eigenvalue weighted by Gasteiger charge is 2.12. The zero-order valence-electron chi connectivity index (χ0n) is 11.8. The molecule has 0 aliphatic carbocycles. The molecule has 0 spiro atoms. The first-order valence-electron chi connectivity index (χ1n) is 6.44. The fourth-order valence-corrected chi connectivity index (χ4v) is 1.84. The molecule has 0 amide bonds. The molecule has 5 nitrogen and oxygen atoms in total. The van der Waals surface area contributed by atoms with Crippen molar-refractivity contribution >= 4 is 17.8 Å². The van der Waals surface area contributed by atoms with Crippen molar-refractivity contribution in [2.75, 3.05) is 7.11 Å². The third kappa shape index (κ3) is 3.52. The van der Waals surface area contributed by atoms with Gasteiger partial charge in [-0.1, -0.05) is 18.2 Å². The summed E-state index contributed by atoms with van der Waals surface area (Å²) in [6, 6.07) is 10.9. The van der Waals surface area contributed by atoms with Gasteiger partial charge in [0.05, 0.1) is 7.11 Å². The summed E-state index contributed by atoms with van der Waals surface area (Å²) in [4.78, 5) is 23.0. The Morgan fingerprint density at radius 1 is 1.09 bits per heavy atom. The number of ketones is 1. The van der Waals surface area contributed by atoms with Gasteiger partial charge in [-0.05, 0) is 42.0 Å². The molecule has 112 valence electrons. The molecule has 0 aromatic heterocycles. The van der Waals surface area contributed by atoms with E-state index in [9.17, 15) is 14.7 Å². The van der Waals surface area contributed by atoms with E-state index in [0.29, 0.717) is 5.75 Å². The van der Waals surface area contributed by atoms with Crippen molar-refractivity contribution in [2.24, 2.45) is 0 Å². The SMILES string of the molecule is COc1ccc(C=CC(=O)c2ccc(O)c(C(=O)O)c2)cc1. The lowest BCUT2D eigenvalue weighted by Crippen LogP contribution is -2.01. The Morgan fingerprint density at radius 2 is 1.77 bits per heavy atom. The van der Waals surface area contributed by atoms with Gasteiger partial charge < -0.3 is 14.9 Å². The number of rotatable bonds is 5. The van der Waals surface area contributed by atoms with Gasteiger partial charge in [0.15, 0.2) is 5.78 Å². The average molecular weight is 298 g/mol. The molecule has 0 atom stereocenters. The number of aromatic carboxylic acids is 1. The monoisotopic (exact) mass is 298 g/mol. The van der Waals surface area contributed by atoms with Crippen LogP contribution >= 0.6 is 0 Å². The van der Waals surface area contributed by atoms with E-state index in [-0.39, 0.29) is 22.7 Å². The van der Waals surface area contributed by atoms with Crippen LogP contribution in [0.3, 0.4) is 0 Å². The number of allylic oxidation sites excluding steroid dienone is 1. The Labute approximate surface area is 127 Å². The number of phenols is 1. The molecule has 22 heavy (non-hydrogen) atoms. The third-order valence-corrected chi connectivity index (χ3v) is 3.05. The van der Waals surface area contributed by atoms with E-state index in [4.69, 9.17) is 9.84 Å². The lowest BCUT2D eigenvalue weighted by molar-refractivity contribution is 0.0693. The standard InChI is InChI=1S/C17H14O5/c1-22-13-6-2-11(3-7-13)4-8-15(18)12-5-9-16(19)14(10-12)17(20)21/h2-10,19H,1H3,(H,20,21). The van der Waals surface area contributed by atoms with E-state index >= 15 is 0 Å². The highest BCUT2D eigenvalue weighted by atomic mass is 16.5. The van der Waals surface area contributed by atoms with Gasteiger partial charge in [0, 0.05) is 5.56 Å². The molecule has 0 heterocycles. The summed E-state index contributed by atoms with van der Waals surface area (Å²) in [5.74, 6) is -1.29. The maximum absolute atomic E-state index is 12.0. The van der Waals surface area contributed by atoms with Crippen molar-refractivity contribution < 1.29 is 24.5 Å². The van der Waals surface area contributed by atoms with Gasteiger partial charge >= 0.3 is 5.97 Å². The van der Waals surface area contributed by atoms with E-state index in [1.54, 1.807) is 37.5 Å². The van der Waals surface area contributed by atoms with Gasteiger partial charge in [-0.3, -0.25) is 4.79 Å². The molecule has 0 fully saturated rings. The molecule has 0 unspecified atom stereocenters. The van der Waals surface area contributed by atoms with E-state index in [1.165, 1.54) is 18.2 Å². The molecule has 0 bridgehead atoms. The normalized spacial score (nSPS) is 10.6. The van der Waals surface area contributed by atoms with Crippen molar-refractivity contribution in [1.29, 1.82) is 0 Å². The lowest BCUT2D eigenvalue weighted by Gasteiger charge is -2.02. The van der Waals surface area contributed by atoms with Crippen molar-refractivity contribution in [3.63, 3.8) is 0 Å². The highest BCUT2D eigenvalue weighted by Crippen LogP contribution is 2.19. The van der Waals surface area contributed by atoms with Crippen molar-refractivity contribution in [1.82, 2.24) is 0 Å². The predicted octanol–water partition coefficient (Wildman–Crippen LogP) is 3.00. The molecular formula is C17H14O5. The lowest BCUT2D eigenvalue weighted by atomic mass is 10.1. The Hall–Kier alpha value is -3.08. The van der Waals surface area contributed by atoms with Crippen LogP contribution in [0.25, 0.3) is 6.08 Å². The Bertz CT molecular complexity index is 729. The first-order chi connectivity index (χ1) is 10.5. The van der Waals surface area contributed by atoms with Gasteiger partial charge in [0.1, 0.15) is 17.1 Å². The van der Waals surface area contributed by atoms with Crippen LogP contribution in [-0.2, 0) is 0 Å². The third-order valence-electron chi connectivity index (χ3n) is 3.05. The van der Waals surface area contributed by atoms with E-state index < -0.39 is 5.97 Å². The molecule has 0 aliphatic heterocycles. The van der Waals surface area contributed by atoms with Crippen LogP contribution in [0.5, 0.6) is 11.5 Å². The van der Waals surface area contributed by atoms with Crippen LogP contribution in [-0.4, -0.2) is 29.1 Å². The largest absolute Gasteiger partial charge is 0.507 e. The van der Waals surface area contributed by atoms with Crippen LogP contribution in [0, 0.1) is 0 Å². The summed E-state index contributed by atoms with van der Waals surface area (Å²) in [5.41, 5.74) is 0.704. The van der Waals surface area contributed by atoms with E-state index in [1.807, 2.05) is 0 Å². The van der Waals surface area contributed by atoms with Crippen LogP contribution in [0.1, 0.15) is 26.3 Å². The molecule has 2 aromatic rings. The summed E-state index contributed by atoms with van der Waals surface area (Å²) in [6.45, 7) is 0. The number of hydrogen-bond donors (Lipinski definition) is 2. The molecule has 0 saturated carbocycles. The fourth-order valence-electron chi connectivity index (χ4n) is 1.84. The second kappa shape index (κ2) is 6.58. The number of carbonyl (C=O) groups is 2. The average Bonchev–Trinajstić information content (AvgIpc) is 2.53. The first kappa shape index (κ1) is 15.3. The second-order valence-corrected chi connectivity index (χ2v) is 4.51. The van der Waals surface area contributed by atoms with E-state index in [2.05, 4.69) is 0 Å². The van der Waals surface area contributed by atoms with Gasteiger partial charge in [0.25, 0.3) is 0 Å². The number of carboxylic acids is 1. The minimum Gasteiger partial charge on any atom is -0.507 e. The minimum atomic E-state index is -1.29. The molecule has 2 rings (SSSR count). The number of carboxylic acid groups (broad SMARTS) is 1. The van der Waals surface area contributed by atoms with Crippen molar-refractivity contribution in [3.8, 4) is 11.5 Å². The Balaban J connectivity index is 2.19. The maximum atomic E-state index is 12.0. The van der Waals surface area contributed by atoms with Crippen molar-refractivity contribution in [3.05, 3.63) is 65.2 Å². The topological polar surface area (TPSA) is 83.8 Å². The Morgan fingerprint density at radius 3 is 2.36 bits per heavy atom. The van der Waals surface area contributed by atoms with Gasteiger partial charge in [-0.25, -0.2) is 4.79 Å². The molecular weight excluding hydrogens is 284 g/mol. The fraction of sp³-hybridized carbons (Fsp3) is 0.0588. The van der Waals surface area contributed by atoms with Gasteiger partial charge in [-0.2, -0.15) is 0 Å². The molecule has 5 heteroatoms. The summed E-state index contributed by atoms with van der Waals surface area (Å²) in [7, 11) is 1.57. The summed E-state index contributed by atoms with van der Waals surface area (Å²) < 4.78 is 5.04. The van der Waals surface area contributed by atoms with Crippen LogP contribution in [0.15, 0.2) is 48.5 Å². The summed E-state index contributed by atoms with van der Waals surface area (Å²) >= 11 is 0. The smallest absolute Gasteiger partial charge is 0.339 e. The molecule has 0 aliphatic rings.